The molecule has 0 aromatic carbocycles. The van der Waals surface area contributed by atoms with Gasteiger partial charge < -0.3 is 0 Å². The average molecular weight is 71.1 g/mol. The van der Waals surface area contributed by atoms with Gasteiger partial charge in [-0.3, -0.25) is 5.84 Å². The topological polar surface area (TPSA) is 40.1 Å². The second kappa shape index (κ2) is 0.954. The predicted molar refractivity (Wildman–Crippen MR) is 19.3 cm³/mol. The van der Waals surface area contributed by atoms with E-state index in [9.17, 15) is 0 Å². The van der Waals surface area contributed by atoms with Gasteiger partial charge in [0, 0.05) is 6.04 Å². The van der Waals surface area contributed by atoms with Gasteiger partial charge in [0.15, 0.2) is 0 Å². The Labute approximate surface area is 31.3 Å². The molecule has 0 bridgehead atoms. The lowest BCUT2D eigenvalue weighted by molar-refractivity contribution is 0.717. The van der Waals surface area contributed by atoms with Gasteiger partial charge in [0.1, 0.15) is 0 Å². The number of hydrogen-bond donors (Lipinski definition) is 1. The van der Waals surface area contributed by atoms with Gasteiger partial charge in [-0.05, 0) is 12.8 Å². The van der Waals surface area contributed by atoms with Crippen LogP contribution in [0.5, 0.6) is 0 Å². The second-order valence-electron chi connectivity index (χ2n) is 1.38. The number of rotatable bonds is 1. The van der Waals surface area contributed by atoms with Crippen molar-refractivity contribution in [2.24, 2.45) is 5.84 Å². The molecule has 0 atom stereocenters. The summed E-state index contributed by atoms with van der Waals surface area (Å²) in [5.74, 6) is 4.86. The van der Waals surface area contributed by atoms with Crippen LogP contribution < -0.4 is 11.3 Å². The monoisotopic (exact) mass is 71.1 g/mol. The lowest BCUT2D eigenvalue weighted by Gasteiger charge is -1.76. The zero-order chi connectivity index (χ0) is 3.70. The SMILES string of the molecule is N[N]C1CC1. The Hall–Kier alpha value is -0.0800. The number of hydrogen-bond acceptors (Lipinski definition) is 1. The molecule has 0 heterocycles. The Kier molecular flexibility index (Phi) is 0.596. The zero-order valence-electron chi connectivity index (χ0n) is 3.02. The van der Waals surface area contributed by atoms with Crippen LogP contribution in [0.2, 0.25) is 0 Å². The van der Waals surface area contributed by atoms with E-state index in [0.717, 1.165) is 0 Å². The van der Waals surface area contributed by atoms with Gasteiger partial charge in [0.05, 0.1) is 0 Å². The molecule has 2 heteroatoms. The van der Waals surface area contributed by atoms with E-state index in [-0.39, 0.29) is 0 Å². The minimum absolute atomic E-state index is 0.537. The summed E-state index contributed by atoms with van der Waals surface area (Å²) in [6.07, 6.45) is 2.44. The molecule has 2 nitrogen and oxygen atoms in total. The summed E-state index contributed by atoms with van der Waals surface area (Å²) in [6.45, 7) is 0. The van der Waals surface area contributed by atoms with Crippen LogP contribution in [-0.2, 0) is 0 Å². The highest BCUT2D eigenvalue weighted by Gasteiger charge is 2.19. The molecule has 0 aliphatic heterocycles. The molecule has 0 saturated heterocycles. The molecule has 29 valence electrons. The molecule has 1 fully saturated rings. The minimum Gasteiger partial charge on any atom is -0.253 e. The van der Waals surface area contributed by atoms with Gasteiger partial charge in [0.2, 0.25) is 0 Å². The van der Waals surface area contributed by atoms with Crippen molar-refractivity contribution < 1.29 is 0 Å². The van der Waals surface area contributed by atoms with E-state index in [4.69, 9.17) is 5.84 Å². The largest absolute Gasteiger partial charge is 0.253 e. The van der Waals surface area contributed by atoms with E-state index in [1.165, 1.54) is 12.8 Å². The van der Waals surface area contributed by atoms with Crippen molar-refractivity contribution in [1.29, 1.82) is 0 Å². The lowest BCUT2D eigenvalue weighted by atomic mass is 10.8. The average Bonchev–Trinajstić information content (AvgIpc) is 2.12. The minimum atomic E-state index is 0.537. The Balaban J connectivity index is 2.00. The van der Waals surface area contributed by atoms with E-state index < -0.39 is 0 Å². The van der Waals surface area contributed by atoms with E-state index in [0.29, 0.717) is 6.04 Å². The Morgan fingerprint density at radius 1 is 1.60 bits per heavy atom. The van der Waals surface area contributed by atoms with Crippen molar-refractivity contribution in [3.63, 3.8) is 0 Å². The lowest BCUT2D eigenvalue weighted by Crippen LogP contribution is -2.13. The second-order valence-corrected chi connectivity index (χ2v) is 1.38. The fourth-order valence-electron chi connectivity index (χ4n) is 0.224. The van der Waals surface area contributed by atoms with E-state index >= 15 is 0 Å². The quantitative estimate of drug-likeness (QED) is 0.332. The molecule has 0 unspecified atom stereocenters. The van der Waals surface area contributed by atoms with Crippen molar-refractivity contribution in [2.75, 3.05) is 0 Å². The van der Waals surface area contributed by atoms with Crippen LogP contribution >= 0.6 is 0 Å². The fourth-order valence-corrected chi connectivity index (χ4v) is 0.224. The first-order chi connectivity index (χ1) is 2.43. The van der Waals surface area contributed by atoms with E-state index in [2.05, 4.69) is 5.43 Å². The van der Waals surface area contributed by atoms with Crippen LogP contribution in [-0.4, -0.2) is 6.04 Å². The van der Waals surface area contributed by atoms with Crippen molar-refractivity contribution in [1.82, 2.24) is 5.43 Å². The molecular weight excluding hydrogens is 64.0 g/mol. The first-order valence-electron chi connectivity index (χ1n) is 1.83. The van der Waals surface area contributed by atoms with Crippen molar-refractivity contribution in [3.8, 4) is 0 Å². The molecular formula is C3H7N2. The molecule has 1 aliphatic rings. The van der Waals surface area contributed by atoms with Gasteiger partial charge >= 0.3 is 0 Å². The van der Waals surface area contributed by atoms with Crippen LogP contribution in [0, 0.1) is 0 Å². The predicted octanol–water partition coefficient (Wildman–Crippen LogP) is -0.373. The van der Waals surface area contributed by atoms with Gasteiger partial charge in [0.25, 0.3) is 0 Å². The fraction of sp³-hybridized carbons (Fsp3) is 1.00. The van der Waals surface area contributed by atoms with Crippen LogP contribution in [0.15, 0.2) is 0 Å². The summed E-state index contributed by atoms with van der Waals surface area (Å²) in [6, 6.07) is 0.537. The number of nitrogens with two attached hydrogens (primary N) is 1. The summed E-state index contributed by atoms with van der Waals surface area (Å²) in [7, 11) is 0. The Bertz CT molecular complexity index is 31.9. The molecule has 0 aromatic heterocycles. The van der Waals surface area contributed by atoms with Crippen molar-refractivity contribution in [2.45, 2.75) is 18.9 Å². The maximum atomic E-state index is 4.86. The van der Waals surface area contributed by atoms with Gasteiger partial charge in [-0.15, -0.1) is 0 Å². The molecule has 5 heavy (non-hydrogen) atoms. The first-order valence-corrected chi connectivity index (χ1v) is 1.83. The molecule has 1 aliphatic carbocycles. The van der Waals surface area contributed by atoms with E-state index in [1.54, 1.807) is 0 Å². The molecule has 2 N–H and O–H groups in total. The Morgan fingerprint density at radius 3 is 2.20 bits per heavy atom. The third kappa shape index (κ3) is 0.597. The smallest absolute Gasteiger partial charge is 0.0414 e. The third-order valence-corrected chi connectivity index (χ3v) is 0.758. The van der Waals surface area contributed by atoms with Gasteiger partial charge in [-0.2, -0.15) is 5.43 Å². The maximum Gasteiger partial charge on any atom is 0.0414 e. The zero-order valence-corrected chi connectivity index (χ0v) is 3.02. The van der Waals surface area contributed by atoms with Crippen LogP contribution in [0.4, 0.5) is 0 Å². The summed E-state index contributed by atoms with van der Waals surface area (Å²) >= 11 is 0. The third-order valence-electron chi connectivity index (χ3n) is 0.758. The van der Waals surface area contributed by atoms with Crippen molar-refractivity contribution >= 4 is 0 Å². The van der Waals surface area contributed by atoms with Gasteiger partial charge in [-0.1, -0.05) is 0 Å². The maximum absolute atomic E-state index is 4.86. The number of nitrogens with zero attached hydrogens (tertiary/aromatic N) is 1. The molecule has 1 rings (SSSR count). The van der Waals surface area contributed by atoms with Crippen LogP contribution in [0.3, 0.4) is 0 Å². The summed E-state index contributed by atoms with van der Waals surface area (Å²) in [5, 5.41) is 0. The van der Waals surface area contributed by atoms with Crippen LogP contribution in [0.1, 0.15) is 12.8 Å². The molecule has 0 amide bonds. The highest BCUT2D eigenvalue weighted by atomic mass is 15.2. The standard InChI is InChI=1S/C3H7N2/c4-5-3-1-2-3/h3H,1-2,4H2. The highest BCUT2D eigenvalue weighted by molar-refractivity contribution is 4.77. The van der Waals surface area contributed by atoms with Gasteiger partial charge in [-0.25, -0.2) is 0 Å². The van der Waals surface area contributed by atoms with Crippen LogP contribution in [0.25, 0.3) is 0 Å². The first kappa shape index (κ1) is 3.12. The summed E-state index contributed by atoms with van der Waals surface area (Å²) < 4.78 is 0. The summed E-state index contributed by atoms with van der Waals surface area (Å²) in [5.41, 5.74) is 3.50. The molecule has 0 aromatic rings. The molecule has 1 saturated carbocycles. The van der Waals surface area contributed by atoms with E-state index in [1.807, 2.05) is 0 Å². The Morgan fingerprint density at radius 2 is 2.20 bits per heavy atom. The molecule has 1 radical (unpaired) electrons. The summed E-state index contributed by atoms with van der Waals surface area (Å²) in [4.78, 5) is 0. The highest BCUT2D eigenvalue weighted by Crippen LogP contribution is 2.17. The molecule has 0 spiro atoms. The van der Waals surface area contributed by atoms with Crippen molar-refractivity contribution in [3.05, 3.63) is 0 Å². The normalized spacial score (nSPS) is 23.4.